The van der Waals surface area contributed by atoms with Gasteiger partial charge in [-0.1, -0.05) is 17.7 Å². The molecule has 0 aliphatic heterocycles. The quantitative estimate of drug-likeness (QED) is 0.685. The summed E-state index contributed by atoms with van der Waals surface area (Å²) in [4.78, 5) is 12.1. The van der Waals surface area contributed by atoms with Gasteiger partial charge < -0.3 is 9.73 Å². The van der Waals surface area contributed by atoms with Crippen molar-refractivity contribution < 1.29 is 9.21 Å². The molecule has 0 spiro atoms. The van der Waals surface area contributed by atoms with Crippen LogP contribution >= 0.6 is 11.6 Å². The van der Waals surface area contributed by atoms with E-state index >= 15 is 0 Å². The van der Waals surface area contributed by atoms with Gasteiger partial charge in [-0.15, -0.1) is 0 Å². The third kappa shape index (κ3) is 3.74. The van der Waals surface area contributed by atoms with Gasteiger partial charge in [-0.25, -0.2) is 0 Å². The van der Waals surface area contributed by atoms with Gasteiger partial charge in [0.1, 0.15) is 23.2 Å². The Morgan fingerprint density at radius 1 is 1.33 bits per heavy atom. The van der Waals surface area contributed by atoms with Gasteiger partial charge in [0.15, 0.2) is 0 Å². The fraction of sp³-hybridized carbons (Fsp3) is 0.125. The SMILES string of the molecule is Cc1ccc(C=C(C#N)C(=O)Nc2cc(Cl)ccc2C)o1. The van der Waals surface area contributed by atoms with Gasteiger partial charge in [-0.05, 0) is 43.7 Å². The number of nitriles is 1. The van der Waals surface area contributed by atoms with Crippen LogP contribution in [0.25, 0.3) is 6.08 Å². The molecule has 1 aromatic heterocycles. The van der Waals surface area contributed by atoms with Crippen LogP contribution in [-0.4, -0.2) is 5.91 Å². The Labute approximate surface area is 127 Å². The maximum absolute atomic E-state index is 12.1. The summed E-state index contributed by atoms with van der Waals surface area (Å²) in [5.41, 5.74) is 1.40. The molecule has 0 aliphatic carbocycles. The highest BCUT2D eigenvalue weighted by molar-refractivity contribution is 6.31. The molecular formula is C16H13ClN2O2. The van der Waals surface area contributed by atoms with Gasteiger partial charge in [-0.2, -0.15) is 5.26 Å². The van der Waals surface area contributed by atoms with Crippen LogP contribution in [0.5, 0.6) is 0 Å². The summed E-state index contributed by atoms with van der Waals surface area (Å²) < 4.78 is 5.33. The zero-order valence-corrected chi connectivity index (χ0v) is 12.4. The second-order valence-electron chi connectivity index (χ2n) is 4.53. The van der Waals surface area contributed by atoms with Crippen LogP contribution in [-0.2, 0) is 4.79 Å². The maximum atomic E-state index is 12.1. The fourth-order valence-corrected chi connectivity index (χ4v) is 1.91. The summed E-state index contributed by atoms with van der Waals surface area (Å²) in [6.07, 6.45) is 1.40. The second kappa shape index (κ2) is 6.29. The van der Waals surface area contributed by atoms with Crippen molar-refractivity contribution in [3.8, 4) is 6.07 Å². The van der Waals surface area contributed by atoms with Gasteiger partial charge >= 0.3 is 0 Å². The number of halogens is 1. The molecule has 0 bridgehead atoms. The minimum atomic E-state index is -0.503. The number of anilines is 1. The van der Waals surface area contributed by atoms with E-state index in [1.807, 2.05) is 13.0 Å². The number of hydrogen-bond acceptors (Lipinski definition) is 3. The standard InChI is InChI=1S/C16H13ClN2O2/c1-10-3-5-13(17)8-15(10)19-16(20)12(9-18)7-14-6-4-11(2)21-14/h3-8H,1-2H3,(H,19,20). The zero-order chi connectivity index (χ0) is 15.4. The summed E-state index contributed by atoms with van der Waals surface area (Å²) in [5, 5.41) is 12.3. The topological polar surface area (TPSA) is 66.0 Å². The molecule has 5 heteroatoms. The average molecular weight is 301 g/mol. The first kappa shape index (κ1) is 14.9. The molecule has 0 radical (unpaired) electrons. The van der Waals surface area contributed by atoms with E-state index in [1.165, 1.54) is 6.08 Å². The third-order valence-electron chi connectivity index (χ3n) is 2.86. The van der Waals surface area contributed by atoms with Crippen LogP contribution in [0.15, 0.2) is 40.3 Å². The highest BCUT2D eigenvalue weighted by Gasteiger charge is 2.12. The first-order chi connectivity index (χ1) is 9.99. The molecule has 1 amide bonds. The molecule has 0 saturated heterocycles. The fourth-order valence-electron chi connectivity index (χ4n) is 1.74. The zero-order valence-electron chi connectivity index (χ0n) is 11.6. The number of rotatable bonds is 3. The molecule has 1 heterocycles. The molecular weight excluding hydrogens is 288 g/mol. The van der Waals surface area contributed by atoms with Crippen LogP contribution in [0.1, 0.15) is 17.1 Å². The van der Waals surface area contributed by atoms with E-state index in [4.69, 9.17) is 21.3 Å². The lowest BCUT2D eigenvalue weighted by Gasteiger charge is -2.07. The van der Waals surface area contributed by atoms with Gasteiger partial charge in [0.2, 0.25) is 0 Å². The number of carbonyl (C=O) groups is 1. The predicted molar refractivity (Wildman–Crippen MR) is 81.9 cm³/mol. The summed E-state index contributed by atoms with van der Waals surface area (Å²) in [5.74, 6) is 0.670. The molecule has 1 aromatic carbocycles. The Bertz CT molecular complexity index is 754. The highest BCUT2D eigenvalue weighted by Crippen LogP contribution is 2.21. The molecule has 0 atom stereocenters. The van der Waals surface area contributed by atoms with Crippen molar-refractivity contribution in [1.29, 1.82) is 5.26 Å². The van der Waals surface area contributed by atoms with Crippen molar-refractivity contribution in [3.05, 3.63) is 58.0 Å². The number of aryl methyl sites for hydroxylation is 2. The molecule has 4 nitrogen and oxygen atoms in total. The second-order valence-corrected chi connectivity index (χ2v) is 4.97. The Kier molecular flexibility index (Phi) is 4.46. The molecule has 106 valence electrons. The monoisotopic (exact) mass is 300 g/mol. The molecule has 1 N–H and O–H groups in total. The number of nitrogens with zero attached hydrogens (tertiary/aromatic N) is 1. The number of nitrogens with one attached hydrogen (secondary N) is 1. The van der Waals surface area contributed by atoms with E-state index in [-0.39, 0.29) is 5.57 Å². The number of benzene rings is 1. The van der Waals surface area contributed by atoms with Crippen molar-refractivity contribution in [2.24, 2.45) is 0 Å². The molecule has 0 saturated carbocycles. The maximum Gasteiger partial charge on any atom is 0.266 e. The Hall–Kier alpha value is -2.51. The third-order valence-corrected chi connectivity index (χ3v) is 3.10. The van der Waals surface area contributed by atoms with Crippen molar-refractivity contribution in [2.45, 2.75) is 13.8 Å². The summed E-state index contributed by atoms with van der Waals surface area (Å²) in [7, 11) is 0. The Morgan fingerprint density at radius 3 is 2.71 bits per heavy atom. The number of amides is 1. The van der Waals surface area contributed by atoms with Gasteiger partial charge in [0.05, 0.1) is 0 Å². The van der Waals surface area contributed by atoms with Crippen LogP contribution in [0.2, 0.25) is 5.02 Å². The van der Waals surface area contributed by atoms with Gasteiger partial charge in [-0.3, -0.25) is 4.79 Å². The van der Waals surface area contributed by atoms with Crippen molar-refractivity contribution in [2.75, 3.05) is 5.32 Å². The van der Waals surface area contributed by atoms with Gasteiger partial charge in [0, 0.05) is 16.8 Å². The van der Waals surface area contributed by atoms with Crippen LogP contribution in [0.3, 0.4) is 0 Å². The minimum absolute atomic E-state index is 0.0382. The van der Waals surface area contributed by atoms with Crippen LogP contribution in [0, 0.1) is 25.2 Å². The molecule has 0 fully saturated rings. The highest BCUT2D eigenvalue weighted by atomic mass is 35.5. The first-order valence-corrected chi connectivity index (χ1v) is 6.63. The van der Waals surface area contributed by atoms with E-state index < -0.39 is 5.91 Å². The lowest BCUT2D eigenvalue weighted by atomic mass is 10.1. The number of hydrogen-bond donors (Lipinski definition) is 1. The summed E-state index contributed by atoms with van der Waals surface area (Å²) in [6.45, 7) is 3.64. The lowest BCUT2D eigenvalue weighted by Crippen LogP contribution is -2.14. The van der Waals surface area contributed by atoms with Gasteiger partial charge in [0.25, 0.3) is 5.91 Å². The minimum Gasteiger partial charge on any atom is -0.462 e. The molecule has 2 rings (SSSR count). The van der Waals surface area contributed by atoms with Crippen molar-refractivity contribution in [3.63, 3.8) is 0 Å². The largest absolute Gasteiger partial charge is 0.462 e. The number of furan rings is 1. The van der Waals surface area contributed by atoms with Crippen molar-refractivity contribution in [1.82, 2.24) is 0 Å². The molecule has 0 unspecified atom stereocenters. The van der Waals surface area contributed by atoms with Crippen molar-refractivity contribution >= 4 is 29.3 Å². The smallest absolute Gasteiger partial charge is 0.266 e. The van der Waals surface area contributed by atoms with E-state index in [1.54, 1.807) is 37.3 Å². The van der Waals surface area contributed by atoms with E-state index in [9.17, 15) is 4.79 Å². The molecule has 2 aromatic rings. The van der Waals surface area contributed by atoms with Crippen LogP contribution in [0.4, 0.5) is 5.69 Å². The molecule has 21 heavy (non-hydrogen) atoms. The van der Waals surface area contributed by atoms with Crippen LogP contribution < -0.4 is 5.32 Å². The Morgan fingerprint density at radius 2 is 2.10 bits per heavy atom. The Balaban J connectivity index is 2.23. The van der Waals surface area contributed by atoms with E-state index in [0.29, 0.717) is 22.2 Å². The summed E-state index contributed by atoms with van der Waals surface area (Å²) >= 11 is 5.90. The van der Waals surface area contributed by atoms with E-state index in [2.05, 4.69) is 5.32 Å². The predicted octanol–water partition coefficient (Wildman–Crippen LogP) is 4.10. The molecule has 0 aliphatic rings. The average Bonchev–Trinajstić information content (AvgIpc) is 2.85. The number of carbonyl (C=O) groups excluding carboxylic acids is 1. The lowest BCUT2D eigenvalue weighted by molar-refractivity contribution is -0.112. The summed E-state index contributed by atoms with van der Waals surface area (Å²) in [6, 6.07) is 10.5. The normalized spacial score (nSPS) is 11.0. The first-order valence-electron chi connectivity index (χ1n) is 6.25. The van der Waals surface area contributed by atoms with E-state index in [0.717, 1.165) is 5.56 Å².